The molecule has 2 atom stereocenters. The van der Waals surface area contributed by atoms with Gasteiger partial charge in [0.2, 0.25) is 0 Å². The van der Waals surface area contributed by atoms with E-state index in [4.69, 9.17) is 10.5 Å². The van der Waals surface area contributed by atoms with Crippen molar-refractivity contribution < 1.29 is 9.53 Å². The van der Waals surface area contributed by atoms with E-state index in [2.05, 4.69) is 75.3 Å². The van der Waals surface area contributed by atoms with E-state index in [1.54, 1.807) is 16.8 Å². The molecule has 3 aromatic heterocycles. The van der Waals surface area contributed by atoms with Gasteiger partial charge in [-0.25, -0.2) is 19.3 Å². The van der Waals surface area contributed by atoms with E-state index in [9.17, 15) is 4.79 Å². The molecule has 11 heteroatoms. The van der Waals surface area contributed by atoms with Gasteiger partial charge in [0.1, 0.15) is 6.33 Å². The van der Waals surface area contributed by atoms with Crippen LogP contribution in [-0.4, -0.2) is 62.8 Å². The van der Waals surface area contributed by atoms with Gasteiger partial charge in [0.25, 0.3) is 0 Å². The molecular formula is C23H26N8O2S. The fraction of sp³-hybridized carbons (Fsp3) is 0.304. The van der Waals surface area contributed by atoms with E-state index in [0.29, 0.717) is 28.6 Å². The topological polar surface area (TPSA) is 114 Å². The Kier molecular flexibility index (Phi) is 5.80. The lowest BCUT2D eigenvalue weighted by Crippen LogP contribution is -2.55. The van der Waals surface area contributed by atoms with Crippen molar-refractivity contribution in [3.63, 3.8) is 0 Å². The molecule has 0 saturated carbocycles. The molecule has 0 aliphatic carbocycles. The number of likely N-dealkylation sites (N-methyl/N-ethyl adjacent to an activating group) is 1. The average molecular weight is 479 g/mol. The first kappa shape index (κ1) is 22.1. The predicted molar refractivity (Wildman–Crippen MR) is 133 cm³/mol. The molecule has 1 amide bonds. The zero-order valence-electron chi connectivity index (χ0n) is 19.2. The van der Waals surface area contributed by atoms with E-state index in [1.807, 2.05) is 5.38 Å². The lowest BCUT2D eigenvalue weighted by molar-refractivity contribution is 0.206. The number of fused-ring (bicyclic) bond motifs is 1. The molecule has 4 aromatic rings. The number of thiophene rings is 1. The van der Waals surface area contributed by atoms with Gasteiger partial charge in [-0.2, -0.15) is 5.10 Å². The molecule has 1 aromatic carbocycles. The molecule has 1 aliphatic heterocycles. The third kappa shape index (κ3) is 4.27. The van der Waals surface area contributed by atoms with Crippen molar-refractivity contribution in [3.8, 4) is 16.3 Å². The van der Waals surface area contributed by atoms with Crippen LogP contribution in [0.3, 0.4) is 0 Å². The highest BCUT2D eigenvalue weighted by Gasteiger charge is 2.26. The smallest absolute Gasteiger partial charge is 0.399 e. The summed E-state index contributed by atoms with van der Waals surface area (Å²) in [6.45, 7) is 6.57. The largest absolute Gasteiger partial charge is 0.410 e. The lowest BCUT2D eigenvalue weighted by Gasteiger charge is -2.43. The average Bonchev–Trinajstić information content (AvgIpc) is 3.47. The molecule has 0 unspecified atom stereocenters. The van der Waals surface area contributed by atoms with Crippen LogP contribution in [0.2, 0.25) is 0 Å². The van der Waals surface area contributed by atoms with E-state index in [-0.39, 0.29) is 0 Å². The number of hydrogen-bond acceptors (Lipinski definition) is 9. The second-order valence-corrected chi connectivity index (χ2v) is 9.40. The summed E-state index contributed by atoms with van der Waals surface area (Å²) in [5, 5.41) is 9.96. The summed E-state index contributed by atoms with van der Waals surface area (Å²) in [7, 11) is 2.18. The van der Waals surface area contributed by atoms with Gasteiger partial charge in [-0.1, -0.05) is 0 Å². The Morgan fingerprint density at radius 3 is 2.74 bits per heavy atom. The summed E-state index contributed by atoms with van der Waals surface area (Å²) < 4.78 is 6.66. The lowest BCUT2D eigenvalue weighted by atomic mass is 10.1. The number of hydrogen-bond donors (Lipinski definition) is 2. The van der Waals surface area contributed by atoms with Crippen LogP contribution >= 0.6 is 11.3 Å². The minimum absolute atomic E-state index is 0.405. The summed E-state index contributed by atoms with van der Waals surface area (Å²) >= 11 is 1.27. The van der Waals surface area contributed by atoms with Gasteiger partial charge < -0.3 is 20.7 Å². The molecule has 0 bridgehead atoms. The maximum absolute atomic E-state index is 11.0. The number of rotatable bonds is 5. The summed E-state index contributed by atoms with van der Waals surface area (Å²) in [6.07, 6.45) is 2.35. The summed E-state index contributed by atoms with van der Waals surface area (Å²) in [4.78, 5) is 24.8. The number of nitrogens with two attached hydrogens (primary N) is 1. The fourth-order valence-electron chi connectivity index (χ4n) is 4.24. The van der Waals surface area contributed by atoms with Crippen LogP contribution in [0.1, 0.15) is 13.8 Å². The normalized spacial score (nSPS) is 18.9. The standard InChI is InChI=1S/C23H26N8O2S/c1-14-11-30(15(2)10-29(14)3)18-6-4-17(5-7-18)28-21-22-26-13-27-31(22)19(9-25-21)16-8-20(34-12-16)33-23(24)32/h4-9,12-15H,10-11H2,1-3H3,(H2,24,32)(H,25,28)/t14-,15+/m1/s1. The minimum atomic E-state index is -0.848. The number of amides is 1. The number of nitrogens with zero attached hydrogens (tertiary/aromatic N) is 6. The summed E-state index contributed by atoms with van der Waals surface area (Å²) in [5.74, 6) is 0.597. The Labute approximate surface area is 201 Å². The number of anilines is 3. The van der Waals surface area contributed by atoms with Crippen molar-refractivity contribution in [2.75, 3.05) is 30.4 Å². The Morgan fingerprint density at radius 2 is 1.97 bits per heavy atom. The third-order valence-electron chi connectivity index (χ3n) is 6.14. The number of nitrogens with one attached hydrogen (secondary N) is 1. The van der Waals surface area contributed by atoms with Crippen LogP contribution in [0.4, 0.5) is 22.0 Å². The van der Waals surface area contributed by atoms with Crippen LogP contribution in [-0.2, 0) is 0 Å². The molecule has 5 rings (SSSR count). The summed E-state index contributed by atoms with van der Waals surface area (Å²) in [5.41, 5.74) is 9.34. The molecule has 1 saturated heterocycles. The van der Waals surface area contributed by atoms with E-state index in [1.165, 1.54) is 23.4 Å². The van der Waals surface area contributed by atoms with Gasteiger partial charge in [-0.15, -0.1) is 11.3 Å². The van der Waals surface area contributed by atoms with Gasteiger partial charge in [0.15, 0.2) is 16.5 Å². The maximum atomic E-state index is 11.0. The monoisotopic (exact) mass is 478 g/mol. The second kappa shape index (κ2) is 8.92. The van der Waals surface area contributed by atoms with Crippen LogP contribution in [0.5, 0.6) is 5.06 Å². The predicted octanol–water partition coefficient (Wildman–Crippen LogP) is 3.58. The van der Waals surface area contributed by atoms with Crippen molar-refractivity contribution >= 4 is 40.3 Å². The van der Waals surface area contributed by atoms with E-state index >= 15 is 0 Å². The highest BCUT2D eigenvalue weighted by molar-refractivity contribution is 7.12. The highest BCUT2D eigenvalue weighted by Crippen LogP contribution is 2.32. The molecule has 1 aliphatic rings. The Hall–Kier alpha value is -3.70. The zero-order chi connectivity index (χ0) is 23.8. The molecule has 1 fully saturated rings. The van der Waals surface area contributed by atoms with Crippen LogP contribution in [0.15, 0.2) is 48.2 Å². The van der Waals surface area contributed by atoms with E-state index in [0.717, 1.165) is 30.0 Å². The first-order chi connectivity index (χ1) is 16.4. The number of carbonyl (C=O) groups is 1. The molecule has 0 radical (unpaired) electrons. The van der Waals surface area contributed by atoms with Crippen molar-refractivity contribution in [1.82, 2.24) is 24.5 Å². The van der Waals surface area contributed by atoms with Gasteiger partial charge in [-0.05, 0) is 45.2 Å². The minimum Gasteiger partial charge on any atom is -0.399 e. The molecule has 34 heavy (non-hydrogen) atoms. The van der Waals surface area contributed by atoms with Crippen LogP contribution in [0.25, 0.3) is 16.9 Å². The third-order valence-corrected chi connectivity index (χ3v) is 6.94. The van der Waals surface area contributed by atoms with Gasteiger partial charge in [-0.3, -0.25) is 4.90 Å². The number of primary amides is 1. The molecule has 3 N–H and O–H groups in total. The summed E-state index contributed by atoms with van der Waals surface area (Å²) in [6, 6.07) is 11.1. The highest BCUT2D eigenvalue weighted by atomic mass is 32.1. The van der Waals surface area contributed by atoms with Gasteiger partial charge in [0.05, 0.1) is 11.9 Å². The molecule has 10 nitrogen and oxygen atoms in total. The quantitative estimate of drug-likeness (QED) is 0.447. The van der Waals surface area contributed by atoms with Gasteiger partial charge in [0, 0.05) is 53.6 Å². The number of aromatic nitrogens is 4. The molecule has 4 heterocycles. The number of ether oxygens (including phenoxy) is 1. The van der Waals surface area contributed by atoms with Crippen LogP contribution < -0.4 is 20.7 Å². The van der Waals surface area contributed by atoms with Crippen molar-refractivity contribution in [1.29, 1.82) is 0 Å². The van der Waals surface area contributed by atoms with Crippen molar-refractivity contribution in [3.05, 3.63) is 48.2 Å². The van der Waals surface area contributed by atoms with Crippen molar-refractivity contribution in [2.24, 2.45) is 5.73 Å². The maximum Gasteiger partial charge on any atom is 0.410 e. The van der Waals surface area contributed by atoms with Crippen LogP contribution in [0, 0.1) is 0 Å². The zero-order valence-corrected chi connectivity index (χ0v) is 20.0. The Bertz CT molecular complexity index is 1320. The Balaban J connectivity index is 1.37. The molecular weight excluding hydrogens is 452 g/mol. The number of piperazine rings is 1. The van der Waals surface area contributed by atoms with E-state index < -0.39 is 6.09 Å². The number of benzene rings is 1. The first-order valence-electron chi connectivity index (χ1n) is 11.0. The second-order valence-electron chi connectivity index (χ2n) is 8.52. The SMILES string of the molecule is C[C@@H]1CN(c2ccc(Nc3ncc(-c4csc(OC(N)=O)c4)n4ncnc34)cc2)[C@@H](C)CN1C. The Morgan fingerprint density at radius 1 is 1.18 bits per heavy atom. The molecule has 176 valence electrons. The fourth-order valence-corrected chi connectivity index (χ4v) is 5.00. The van der Waals surface area contributed by atoms with Gasteiger partial charge >= 0.3 is 6.09 Å². The number of carbonyl (C=O) groups excluding carboxylic acids is 1. The van der Waals surface area contributed by atoms with Crippen molar-refractivity contribution in [2.45, 2.75) is 25.9 Å². The first-order valence-corrected chi connectivity index (χ1v) is 11.9. The molecule has 0 spiro atoms.